The third-order valence-corrected chi connectivity index (χ3v) is 4.73. The van der Waals surface area contributed by atoms with E-state index < -0.39 is 0 Å². The number of hydrogen-bond acceptors (Lipinski definition) is 6. The van der Waals surface area contributed by atoms with Crippen LogP contribution in [0.15, 0.2) is 4.52 Å². The van der Waals surface area contributed by atoms with Crippen molar-refractivity contribution < 1.29 is 9.26 Å². The van der Waals surface area contributed by atoms with E-state index in [0.29, 0.717) is 11.1 Å². The van der Waals surface area contributed by atoms with Crippen molar-refractivity contribution in [2.45, 2.75) is 37.0 Å². The van der Waals surface area contributed by atoms with Crippen LogP contribution in [0.3, 0.4) is 0 Å². The molecule has 2 unspecified atom stereocenters. The molecule has 18 heavy (non-hydrogen) atoms. The van der Waals surface area contributed by atoms with Gasteiger partial charge >= 0.3 is 0 Å². The van der Waals surface area contributed by atoms with Gasteiger partial charge in [-0.05, 0) is 18.6 Å². The van der Waals surface area contributed by atoms with E-state index in [-0.39, 0.29) is 6.10 Å². The van der Waals surface area contributed by atoms with Crippen molar-refractivity contribution in [3.8, 4) is 0 Å². The van der Waals surface area contributed by atoms with Gasteiger partial charge in [-0.25, -0.2) is 0 Å². The molecule has 2 atom stereocenters. The Hall–Kier alpha value is -0.590. The Bertz CT molecular complexity index is 373. The first-order valence-electron chi connectivity index (χ1n) is 6.68. The lowest BCUT2D eigenvalue weighted by molar-refractivity contribution is 0.0246. The maximum atomic E-state index is 5.64. The van der Waals surface area contributed by atoms with Crippen LogP contribution in [0.4, 0.5) is 0 Å². The number of morpholine rings is 1. The number of aromatic nitrogens is 2. The van der Waals surface area contributed by atoms with Gasteiger partial charge in [0.1, 0.15) is 0 Å². The summed E-state index contributed by atoms with van der Waals surface area (Å²) in [6.07, 6.45) is 4.65. The average Bonchev–Trinajstić information content (AvgIpc) is 2.89. The van der Waals surface area contributed by atoms with Crippen LogP contribution >= 0.6 is 11.8 Å². The Kier molecular flexibility index (Phi) is 4.17. The van der Waals surface area contributed by atoms with Crippen molar-refractivity contribution >= 4 is 11.8 Å². The molecule has 3 heterocycles. The van der Waals surface area contributed by atoms with Gasteiger partial charge in [0.05, 0.1) is 24.4 Å². The lowest BCUT2D eigenvalue weighted by Crippen LogP contribution is -2.39. The molecule has 0 bridgehead atoms. The number of rotatable bonds is 3. The van der Waals surface area contributed by atoms with E-state index >= 15 is 0 Å². The second-order valence-corrected chi connectivity index (χ2v) is 6.11. The molecule has 3 rings (SSSR count). The van der Waals surface area contributed by atoms with Gasteiger partial charge in [-0.3, -0.25) is 0 Å². The average molecular weight is 269 g/mol. The Labute approximate surface area is 111 Å². The highest BCUT2D eigenvalue weighted by Gasteiger charge is 2.23. The van der Waals surface area contributed by atoms with Gasteiger partial charge in [0.25, 0.3) is 0 Å². The predicted octanol–water partition coefficient (Wildman–Crippen LogP) is 1.56. The summed E-state index contributed by atoms with van der Waals surface area (Å²) in [4.78, 5) is 4.52. The van der Waals surface area contributed by atoms with E-state index in [0.717, 1.165) is 31.9 Å². The molecule has 5 nitrogen and oxygen atoms in total. The molecule has 100 valence electrons. The quantitative estimate of drug-likeness (QED) is 0.898. The van der Waals surface area contributed by atoms with Gasteiger partial charge in [0, 0.05) is 13.1 Å². The van der Waals surface area contributed by atoms with Crippen molar-refractivity contribution in [3.63, 3.8) is 0 Å². The number of thioether (sulfide) groups is 1. The van der Waals surface area contributed by atoms with Crippen molar-refractivity contribution in [2.24, 2.45) is 0 Å². The van der Waals surface area contributed by atoms with Crippen LogP contribution in [0.5, 0.6) is 0 Å². The van der Waals surface area contributed by atoms with Crippen LogP contribution in [-0.2, 0) is 11.2 Å². The Morgan fingerprint density at radius 2 is 2.39 bits per heavy atom. The normalized spacial score (nSPS) is 29.3. The molecule has 0 aliphatic carbocycles. The number of hydrogen-bond donors (Lipinski definition) is 1. The highest BCUT2D eigenvalue weighted by Crippen LogP contribution is 2.36. The zero-order valence-electron chi connectivity index (χ0n) is 10.4. The van der Waals surface area contributed by atoms with Crippen molar-refractivity contribution in [2.75, 3.05) is 25.4 Å². The van der Waals surface area contributed by atoms with Gasteiger partial charge in [-0.15, -0.1) is 0 Å². The van der Waals surface area contributed by atoms with Crippen LogP contribution in [0.2, 0.25) is 0 Å². The summed E-state index contributed by atoms with van der Waals surface area (Å²) in [5, 5.41) is 7.86. The molecule has 1 aromatic heterocycles. The zero-order valence-corrected chi connectivity index (χ0v) is 11.2. The van der Waals surface area contributed by atoms with Crippen LogP contribution in [-0.4, -0.2) is 41.7 Å². The smallest absolute Gasteiger partial charge is 0.229 e. The van der Waals surface area contributed by atoms with Gasteiger partial charge in [0.15, 0.2) is 5.82 Å². The molecule has 0 amide bonds. The number of ether oxygens (including phenoxy) is 1. The van der Waals surface area contributed by atoms with Crippen LogP contribution in [0.1, 0.15) is 36.2 Å². The summed E-state index contributed by atoms with van der Waals surface area (Å²) in [6, 6.07) is 0. The molecule has 6 heteroatoms. The molecule has 2 saturated heterocycles. The Balaban J connectivity index is 1.58. The molecule has 0 saturated carbocycles. The second-order valence-electron chi connectivity index (χ2n) is 4.80. The molecule has 0 aromatic carbocycles. The SMILES string of the molecule is C1CCC(c2noc(CC3CNCCO3)n2)SC1. The first-order chi connectivity index (χ1) is 8.92. The largest absolute Gasteiger partial charge is 0.375 e. The third-order valence-electron chi connectivity index (χ3n) is 3.36. The molecule has 0 spiro atoms. The van der Waals surface area contributed by atoms with Crippen molar-refractivity contribution in [3.05, 3.63) is 11.7 Å². The molecular formula is C12H19N3O2S. The number of nitrogens with zero attached hydrogens (tertiary/aromatic N) is 2. The van der Waals surface area contributed by atoms with E-state index in [2.05, 4.69) is 15.5 Å². The molecule has 2 aliphatic rings. The molecule has 1 aromatic rings. The summed E-state index contributed by atoms with van der Waals surface area (Å²) in [5.41, 5.74) is 0. The highest BCUT2D eigenvalue weighted by molar-refractivity contribution is 7.99. The fourth-order valence-electron chi connectivity index (χ4n) is 2.37. The Morgan fingerprint density at radius 1 is 1.39 bits per heavy atom. The summed E-state index contributed by atoms with van der Waals surface area (Å²) in [5.74, 6) is 2.80. The molecule has 2 fully saturated rings. The highest BCUT2D eigenvalue weighted by atomic mass is 32.2. The fraction of sp³-hybridized carbons (Fsp3) is 0.833. The van der Waals surface area contributed by atoms with E-state index in [1.54, 1.807) is 0 Å². The topological polar surface area (TPSA) is 60.2 Å². The van der Waals surface area contributed by atoms with Gasteiger partial charge in [0.2, 0.25) is 5.89 Å². The summed E-state index contributed by atoms with van der Waals surface area (Å²) < 4.78 is 11.0. The minimum Gasteiger partial charge on any atom is -0.375 e. The molecular weight excluding hydrogens is 250 g/mol. The number of nitrogens with one attached hydrogen (secondary N) is 1. The van der Waals surface area contributed by atoms with E-state index in [1.165, 1.54) is 25.0 Å². The van der Waals surface area contributed by atoms with Gasteiger partial charge < -0.3 is 14.6 Å². The summed E-state index contributed by atoms with van der Waals surface area (Å²) in [6.45, 7) is 2.57. The van der Waals surface area contributed by atoms with E-state index in [9.17, 15) is 0 Å². The third kappa shape index (κ3) is 3.05. The van der Waals surface area contributed by atoms with Gasteiger partial charge in [-0.2, -0.15) is 16.7 Å². The molecule has 0 radical (unpaired) electrons. The predicted molar refractivity (Wildman–Crippen MR) is 69.7 cm³/mol. The first-order valence-corrected chi connectivity index (χ1v) is 7.73. The summed E-state index contributed by atoms with van der Waals surface area (Å²) >= 11 is 1.95. The lowest BCUT2D eigenvalue weighted by Gasteiger charge is -2.22. The minimum absolute atomic E-state index is 0.172. The maximum absolute atomic E-state index is 5.64. The van der Waals surface area contributed by atoms with Crippen molar-refractivity contribution in [1.29, 1.82) is 0 Å². The first kappa shape index (κ1) is 12.4. The van der Waals surface area contributed by atoms with E-state index in [4.69, 9.17) is 9.26 Å². The van der Waals surface area contributed by atoms with Gasteiger partial charge in [-0.1, -0.05) is 11.6 Å². The van der Waals surface area contributed by atoms with Crippen LogP contribution in [0.25, 0.3) is 0 Å². The fourth-order valence-corrected chi connectivity index (χ4v) is 3.61. The standard InChI is InChI=1S/C12H19N3O2S/c1-2-6-18-10(3-1)12-14-11(17-15-12)7-9-8-13-4-5-16-9/h9-10,13H,1-8H2. The lowest BCUT2D eigenvalue weighted by atomic mass is 10.2. The monoisotopic (exact) mass is 269 g/mol. The molecule has 2 aliphatic heterocycles. The second kappa shape index (κ2) is 6.04. The van der Waals surface area contributed by atoms with Crippen molar-refractivity contribution in [1.82, 2.24) is 15.5 Å². The maximum Gasteiger partial charge on any atom is 0.229 e. The van der Waals surface area contributed by atoms with E-state index in [1.807, 2.05) is 11.8 Å². The Morgan fingerprint density at radius 3 is 3.17 bits per heavy atom. The minimum atomic E-state index is 0.172. The molecule has 1 N–H and O–H groups in total. The summed E-state index contributed by atoms with van der Waals surface area (Å²) in [7, 11) is 0. The zero-order chi connectivity index (χ0) is 12.2. The van der Waals surface area contributed by atoms with Crippen LogP contribution < -0.4 is 5.32 Å². The van der Waals surface area contributed by atoms with Crippen LogP contribution in [0, 0.1) is 0 Å².